The highest BCUT2D eigenvalue weighted by Crippen LogP contribution is 2.37. The van der Waals surface area contributed by atoms with E-state index in [1.807, 2.05) is 17.5 Å². The number of carbonyl (C=O) groups is 2. The lowest BCUT2D eigenvalue weighted by Crippen LogP contribution is -2.42. The van der Waals surface area contributed by atoms with Gasteiger partial charge in [-0.05, 0) is 36.1 Å². The van der Waals surface area contributed by atoms with E-state index in [9.17, 15) is 14.7 Å². The van der Waals surface area contributed by atoms with E-state index in [1.165, 1.54) is 0 Å². The van der Waals surface area contributed by atoms with Crippen LogP contribution in [0.4, 0.5) is 4.79 Å². The number of hydrogen-bond acceptors (Lipinski definition) is 7. The van der Waals surface area contributed by atoms with Crippen LogP contribution in [-0.4, -0.2) is 48.0 Å². The van der Waals surface area contributed by atoms with Gasteiger partial charge in [0.2, 0.25) is 6.79 Å². The average molecular weight is 404 g/mol. The van der Waals surface area contributed by atoms with E-state index in [1.54, 1.807) is 36.5 Å². The molecule has 2 atom stereocenters. The Morgan fingerprint density at radius 1 is 1.32 bits per heavy atom. The van der Waals surface area contributed by atoms with Crippen molar-refractivity contribution in [3.05, 3.63) is 46.2 Å². The number of aliphatic hydroxyl groups is 1. The Bertz CT molecular complexity index is 887. The summed E-state index contributed by atoms with van der Waals surface area (Å²) in [5.41, 5.74) is -0.656. The molecule has 9 heteroatoms. The molecule has 1 aromatic carbocycles. The molecule has 3 heterocycles. The maximum atomic E-state index is 13.0. The molecule has 1 aromatic heterocycles. The first-order valence-electron chi connectivity index (χ1n) is 8.80. The van der Waals surface area contributed by atoms with Crippen molar-refractivity contribution in [1.82, 2.24) is 10.2 Å². The minimum Gasteiger partial charge on any atom is -0.454 e. The van der Waals surface area contributed by atoms with Crippen LogP contribution in [0.2, 0.25) is 0 Å². The molecule has 0 saturated carbocycles. The third-order valence-corrected chi connectivity index (χ3v) is 5.60. The Morgan fingerprint density at radius 2 is 2.14 bits per heavy atom. The van der Waals surface area contributed by atoms with E-state index in [0.29, 0.717) is 23.7 Å². The molecule has 2 aromatic rings. The minimum absolute atomic E-state index is 0.0235. The molecule has 1 fully saturated rings. The number of ether oxygens (including phenoxy) is 3. The molecule has 148 valence electrons. The second-order valence-corrected chi connectivity index (χ2v) is 7.82. The molecule has 0 spiro atoms. The number of amides is 3. The lowest BCUT2D eigenvalue weighted by atomic mass is 9.91. The number of rotatable bonds is 7. The largest absolute Gasteiger partial charge is 0.454 e. The number of imide groups is 1. The first-order valence-corrected chi connectivity index (χ1v) is 9.68. The zero-order valence-corrected chi connectivity index (χ0v) is 16.0. The van der Waals surface area contributed by atoms with Gasteiger partial charge in [-0.2, -0.15) is 0 Å². The molecule has 0 aliphatic carbocycles. The summed E-state index contributed by atoms with van der Waals surface area (Å²) in [7, 11) is 0. The van der Waals surface area contributed by atoms with Gasteiger partial charge >= 0.3 is 6.03 Å². The molecule has 28 heavy (non-hydrogen) atoms. The molecule has 1 saturated heterocycles. The smallest absolute Gasteiger partial charge is 0.325 e. The molecule has 0 radical (unpaired) electrons. The molecule has 3 amide bonds. The second kappa shape index (κ2) is 7.42. The molecular formula is C19H20N2O6S. The summed E-state index contributed by atoms with van der Waals surface area (Å²) < 4.78 is 16.1. The summed E-state index contributed by atoms with van der Waals surface area (Å²) in [6, 6.07) is 8.41. The number of β-amino-alcohol motifs (C(OH)–C–C–N with tert-alkyl or cyclic N) is 1. The van der Waals surface area contributed by atoms with E-state index in [-0.39, 0.29) is 19.9 Å². The van der Waals surface area contributed by atoms with Gasteiger partial charge in [-0.3, -0.25) is 9.69 Å². The van der Waals surface area contributed by atoms with E-state index < -0.39 is 23.6 Å². The van der Waals surface area contributed by atoms with Gasteiger partial charge in [0, 0.05) is 4.88 Å². The predicted octanol–water partition coefficient (Wildman–Crippen LogP) is 1.82. The Balaban J connectivity index is 1.40. The molecule has 2 N–H and O–H groups in total. The quantitative estimate of drug-likeness (QED) is 0.684. The lowest BCUT2D eigenvalue weighted by Gasteiger charge is -2.23. The van der Waals surface area contributed by atoms with Crippen LogP contribution in [0.5, 0.6) is 11.5 Å². The van der Waals surface area contributed by atoms with Gasteiger partial charge in [-0.1, -0.05) is 12.1 Å². The van der Waals surface area contributed by atoms with Crippen LogP contribution in [0.15, 0.2) is 35.7 Å². The standard InChI is InChI=1S/C19H20N2O6S/c1-19(12-4-5-15-16(7-12)27-11-26-15)17(23)21(18(24)20-19)8-13(22)9-25-10-14-3-2-6-28-14/h2-7,13,22H,8-11H2,1H3,(H,20,24)/t13-,19-/m1/s1. The predicted molar refractivity (Wildman–Crippen MR) is 100 cm³/mol. The summed E-state index contributed by atoms with van der Waals surface area (Å²) in [5, 5.41) is 14.9. The number of carbonyl (C=O) groups excluding carboxylic acids is 2. The fraction of sp³-hybridized carbons (Fsp3) is 0.368. The molecular weight excluding hydrogens is 384 g/mol. The van der Waals surface area contributed by atoms with Crippen molar-refractivity contribution < 1.29 is 28.9 Å². The van der Waals surface area contributed by atoms with Crippen LogP contribution in [0, 0.1) is 0 Å². The molecule has 0 unspecified atom stereocenters. The third-order valence-electron chi connectivity index (χ3n) is 4.75. The van der Waals surface area contributed by atoms with Crippen LogP contribution in [-0.2, 0) is 21.7 Å². The van der Waals surface area contributed by atoms with Gasteiger partial charge < -0.3 is 24.6 Å². The van der Waals surface area contributed by atoms with Crippen molar-refractivity contribution in [2.75, 3.05) is 19.9 Å². The Labute approximate surface area is 165 Å². The van der Waals surface area contributed by atoms with E-state index in [0.717, 1.165) is 9.78 Å². The van der Waals surface area contributed by atoms with Gasteiger partial charge in [-0.25, -0.2) is 4.79 Å². The minimum atomic E-state index is -1.24. The van der Waals surface area contributed by atoms with Crippen LogP contribution < -0.4 is 14.8 Å². The van der Waals surface area contributed by atoms with Crippen molar-refractivity contribution in [2.24, 2.45) is 0 Å². The average Bonchev–Trinajstić information content (AvgIpc) is 3.39. The molecule has 4 rings (SSSR count). The maximum Gasteiger partial charge on any atom is 0.325 e. The van der Waals surface area contributed by atoms with Crippen LogP contribution in [0.3, 0.4) is 0 Å². The summed E-state index contributed by atoms with van der Waals surface area (Å²) in [4.78, 5) is 27.4. The highest BCUT2D eigenvalue weighted by atomic mass is 32.1. The van der Waals surface area contributed by atoms with Gasteiger partial charge in [0.15, 0.2) is 11.5 Å². The SMILES string of the molecule is C[C@]1(c2ccc3c(c2)OCO3)NC(=O)N(C[C@@H](O)COCc2cccs2)C1=O. The summed E-state index contributed by atoms with van der Waals surface area (Å²) in [6.07, 6.45) is -0.978. The van der Waals surface area contributed by atoms with E-state index in [2.05, 4.69) is 5.32 Å². The molecule has 2 aliphatic heterocycles. The number of fused-ring (bicyclic) bond motifs is 1. The summed E-state index contributed by atoms with van der Waals surface area (Å²) in [5.74, 6) is 0.689. The molecule has 2 aliphatic rings. The number of hydrogen-bond donors (Lipinski definition) is 2. The zero-order valence-electron chi connectivity index (χ0n) is 15.2. The topological polar surface area (TPSA) is 97.3 Å². The number of nitrogens with zero attached hydrogens (tertiary/aromatic N) is 1. The molecule has 0 bridgehead atoms. The Morgan fingerprint density at radius 3 is 2.93 bits per heavy atom. The van der Waals surface area contributed by atoms with Crippen molar-refractivity contribution >= 4 is 23.3 Å². The third kappa shape index (κ3) is 3.44. The second-order valence-electron chi connectivity index (χ2n) is 6.79. The molecule has 8 nitrogen and oxygen atoms in total. The van der Waals surface area contributed by atoms with Gasteiger partial charge in [0.1, 0.15) is 5.54 Å². The number of nitrogens with one attached hydrogen (secondary N) is 1. The number of thiophene rings is 1. The number of urea groups is 1. The van der Waals surface area contributed by atoms with Crippen molar-refractivity contribution in [3.63, 3.8) is 0 Å². The van der Waals surface area contributed by atoms with Crippen LogP contribution in [0.1, 0.15) is 17.4 Å². The fourth-order valence-electron chi connectivity index (χ4n) is 3.22. The number of aliphatic hydroxyl groups excluding tert-OH is 1. The zero-order chi connectivity index (χ0) is 19.7. The Hall–Kier alpha value is -2.62. The van der Waals surface area contributed by atoms with Crippen LogP contribution in [0.25, 0.3) is 0 Å². The lowest BCUT2D eigenvalue weighted by molar-refractivity contribution is -0.132. The summed E-state index contributed by atoms with van der Waals surface area (Å²) in [6.45, 7) is 2.01. The maximum absolute atomic E-state index is 13.0. The van der Waals surface area contributed by atoms with E-state index >= 15 is 0 Å². The van der Waals surface area contributed by atoms with Crippen molar-refractivity contribution in [2.45, 2.75) is 25.2 Å². The first-order chi connectivity index (χ1) is 13.5. The first kappa shape index (κ1) is 18.7. The van der Waals surface area contributed by atoms with Gasteiger partial charge in [0.25, 0.3) is 5.91 Å². The fourth-order valence-corrected chi connectivity index (χ4v) is 3.86. The Kier molecular flexibility index (Phi) is 4.96. The van der Waals surface area contributed by atoms with E-state index in [4.69, 9.17) is 14.2 Å². The monoisotopic (exact) mass is 404 g/mol. The van der Waals surface area contributed by atoms with Crippen molar-refractivity contribution in [3.8, 4) is 11.5 Å². The van der Waals surface area contributed by atoms with Crippen LogP contribution >= 0.6 is 11.3 Å². The highest BCUT2D eigenvalue weighted by molar-refractivity contribution is 7.09. The van der Waals surface area contributed by atoms with Gasteiger partial charge in [0.05, 0.1) is 25.9 Å². The van der Waals surface area contributed by atoms with Crippen molar-refractivity contribution in [1.29, 1.82) is 0 Å². The normalized spacial score (nSPS) is 21.9. The highest BCUT2D eigenvalue weighted by Gasteiger charge is 2.49. The number of benzene rings is 1. The van der Waals surface area contributed by atoms with Gasteiger partial charge in [-0.15, -0.1) is 11.3 Å². The summed E-state index contributed by atoms with van der Waals surface area (Å²) >= 11 is 1.56.